The summed E-state index contributed by atoms with van der Waals surface area (Å²) in [7, 11) is 0. The van der Waals surface area contributed by atoms with Gasteiger partial charge in [0.2, 0.25) is 5.91 Å². The number of nitrogens with one attached hydrogen (secondary N) is 1. The van der Waals surface area contributed by atoms with Crippen LogP contribution in [0.1, 0.15) is 29.9 Å². The number of rotatable bonds is 2. The van der Waals surface area contributed by atoms with E-state index in [0.717, 1.165) is 12.0 Å². The maximum Gasteiger partial charge on any atom is 0.220 e. The summed E-state index contributed by atoms with van der Waals surface area (Å²) in [6, 6.07) is 5.06. The molecule has 16 heavy (non-hydrogen) atoms. The Hall–Kier alpha value is -1.09. The second-order valence-corrected chi connectivity index (χ2v) is 4.29. The molecule has 2 rings (SSSR count). The molecule has 0 radical (unpaired) electrons. The van der Waals surface area contributed by atoms with Crippen molar-refractivity contribution in [2.75, 3.05) is 6.54 Å². The molecular formula is C12H13ClFNO. The maximum absolute atomic E-state index is 13.5. The van der Waals surface area contributed by atoms with E-state index in [0.29, 0.717) is 18.5 Å². The fraction of sp³-hybridized carbons (Fsp3) is 0.417. The smallest absolute Gasteiger partial charge is 0.220 e. The van der Waals surface area contributed by atoms with Crippen LogP contribution in [0.2, 0.25) is 0 Å². The highest BCUT2D eigenvalue weighted by molar-refractivity contribution is 6.17. The Bertz CT molecular complexity index is 408. The molecule has 1 saturated heterocycles. The molecule has 0 bridgehead atoms. The number of benzene rings is 1. The minimum atomic E-state index is -0.279. The lowest BCUT2D eigenvalue weighted by atomic mass is 9.89. The second kappa shape index (κ2) is 4.83. The molecule has 2 nitrogen and oxygen atoms in total. The number of piperidine rings is 1. The lowest BCUT2D eigenvalue weighted by Crippen LogP contribution is -2.32. The quantitative estimate of drug-likeness (QED) is 0.793. The molecule has 1 aromatic rings. The van der Waals surface area contributed by atoms with Crippen molar-refractivity contribution in [1.82, 2.24) is 5.32 Å². The van der Waals surface area contributed by atoms with Gasteiger partial charge in [0.1, 0.15) is 5.82 Å². The van der Waals surface area contributed by atoms with E-state index in [1.807, 2.05) is 6.07 Å². The standard InChI is InChI=1S/C12H13ClFNO/c13-7-10-2-1-8(5-11(10)14)9-3-4-15-12(16)6-9/h1-2,5,9H,3-4,6-7H2,(H,15,16)/t9-/m0/s1. The molecule has 0 saturated carbocycles. The van der Waals surface area contributed by atoms with Crippen molar-refractivity contribution in [2.24, 2.45) is 0 Å². The van der Waals surface area contributed by atoms with Crippen molar-refractivity contribution in [3.8, 4) is 0 Å². The molecule has 0 aromatic heterocycles. The van der Waals surface area contributed by atoms with Gasteiger partial charge in [0.05, 0.1) is 5.88 Å². The van der Waals surface area contributed by atoms with E-state index >= 15 is 0 Å². The van der Waals surface area contributed by atoms with Crippen LogP contribution in [0.25, 0.3) is 0 Å². The molecule has 1 aliphatic heterocycles. The Morgan fingerprint density at radius 3 is 2.94 bits per heavy atom. The SMILES string of the molecule is O=C1C[C@@H](c2ccc(CCl)c(F)c2)CCN1. The summed E-state index contributed by atoms with van der Waals surface area (Å²) < 4.78 is 13.5. The largest absolute Gasteiger partial charge is 0.356 e. The van der Waals surface area contributed by atoms with Gasteiger partial charge in [-0.3, -0.25) is 4.79 Å². The van der Waals surface area contributed by atoms with Crippen LogP contribution in [0.3, 0.4) is 0 Å². The highest BCUT2D eigenvalue weighted by Crippen LogP contribution is 2.27. The van der Waals surface area contributed by atoms with Crippen LogP contribution in [0, 0.1) is 5.82 Å². The zero-order valence-electron chi connectivity index (χ0n) is 8.80. The topological polar surface area (TPSA) is 29.1 Å². The van der Waals surface area contributed by atoms with Gasteiger partial charge in [-0.25, -0.2) is 4.39 Å². The van der Waals surface area contributed by atoms with Gasteiger partial charge >= 0.3 is 0 Å². The van der Waals surface area contributed by atoms with Crippen molar-refractivity contribution >= 4 is 17.5 Å². The number of halogens is 2. The molecule has 1 heterocycles. The predicted octanol–water partition coefficient (Wildman–Crippen LogP) is 2.56. The zero-order chi connectivity index (χ0) is 11.5. The Balaban J connectivity index is 2.20. The molecule has 1 aliphatic rings. The number of hydrogen-bond donors (Lipinski definition) is 1. The van der Waals surface area contributed by atoms with E-state index in [1.165, 1.54) is 6.07 Å². The van der Waals surface area contributed by atoms with Crippen LogP contribution in [0.15, 0.2) is 18.2 Å². The van der Waals surface area contributed by atoms with Gasteiger partial charge in [0, 0.05) is 18.5 Å². The van der Waals surface area contributed by atoms with Crippen molar-refractivity contribution in [1.29, 1.82) is 0 Å². The normalized spacial score (nSPS) is 20.6. The van der Waals surface area contributed by atoms with Crippen LogP contribution in [-0.4, -0.2) is 12.5 Å². The molecule has 1 fully saturated rings. The van der Waals surface area contributed by atoms with E-state index in [-0.39, 0.29) is 23.5 Å². The Kier molecular flexibility index (Phi) is 3.44. The van der Waals surface area contributed by atoms with E-state index < -0.39 is 0 Å². The molecule has 1 amide bonds. The van der Waals surface area contributed by atoms with Gasteiger partial charge in [-0.15, -0.1) is 11.6 Å². The molecule has 0 unspecified atom stereocenters. The van der Waals surface area contributed by atoms with Gasteiger partial charge in [-0.2, -0.15) is 0 Å². The van der Waals surface area contributed by atoms with Crippen LogP contribution < -0.4 is 5.32 Å². The molecular weight excluding hydrogens is 229 g/mol. The van der Waals surface area contributed by atoms with E-state index in [1.54, 1.807) is 6.07 Å². The van der Waals surface area contributed by atoms with Gasteiger partial charge in [-0.1, -0.05) is 12.1 Å². The summed E-state index contributed by atoms with van der Waals surface area (Å²) in [4.78, 5) is 11.2. The number of carbonyl (C=O) groups excluding carboxylic acids is 1. The monoisotopic (exact) mass is 241 g/mol. The van der Waals surface area contributed by atoms with Gasteiger partial charge in [-0.05, 0) is 24.0 Å². The van der Waals surface area contributed by atoms with Gasteiger partial charge < -0.3 is 5.32 Å². The van der Waals surface area contributed by atoms with Crippen LogP contribution in [-0.2, 0) is 10.7 Å². The number of amides is 1. The summed E-state index contributed by atoms with van der Waals surface area (Å²) in [6.07, 6.45) is 1.31. The van der Waals surface area contributed by atoms with Crippen molar-refractivity contribution < 1.29 is 9.18 Å². The number of carbonyl (C=O) groups is 1. The lowest BCUT2D eigenvalue weighted by molar-refractivity contribution is -0.122. The number of hydrogen-bond acceptors (Lipinski definition) is 1. The van der Waals surface area contributed by atoms with Crippen LogP contribution in [0.4, 0.5) is 4.39 Å². The van der Waals surface area contributed by atoms with Crippen molar-refractivity contribution in [3.63, 3.8) is 0 Å². The molecule has 1 N–H and O–H groups in total. The van der Waals surface area contributed by atoms with E-state index in [4.69, 9.17) is 11.6 Å². The zero-order valence-corrected chi connectivity index (χ0v) is 9.56. The molecule has 0 aliphatic carbocycles. The number of alkyl halides is 1. The molecule has 1 atom stereocenters. The first-order chi connectivity index (χ1) is 7.70. The first-order valence-electron chi connectivity index (χ1n) is 5.31. The average Bonchev–Trinajstić information content (AvgIpc) is 2.29. The minimum absolute atomic E-state index is 0.0399. The van der Waals surface area contributed by atoms with Crippen molar-refractivity contribution in [3.05, 3.63) is 35.1 Å². The van der Waals surface area contributed by atoms with E-state index in [9.17, 15) is 9.18 Å². The predicted molar refractivity (Wildman–Crippen MR) is 60.9 cm³/mol. The summed E-state index contributed by atoms with van der Waals surface area (Å²) >= 11 is 5.59. The second-order valence-electron chi connectivity index (χ2n) is 4.02. The third-order valence-corrected chi connectivity index (χ3v) is 3.23. The summed E-state index contributed by atoms with van der Waals surface area (Å²) in [5.74, 6) is 0.0706. The maximum atomic E-state index is 13.5. The van der Waals surface area contributed by atoms with Crippen LogP contribution >= 0.6 is 11.6 Å². The van der Waals surface area contributed by atoms with Gasteiger partial charge in [0.15, 0.2) is 0 Å². The summed E-state index contributed by atoms with van der Waals surface area (Å²) in [5.41, 5.74) is 1.40. The molecule has 1 aromatic carbocycles. The molecule has 4 heteroatoms. The highest BCUT2D eigenvalue weighted by atomic mass is 35.5. The summed E-state index contributed by atoms with van der Waals surface area (Å²) in [6.45, 7) is 0.669. The third kappa shape index (κ3) is 2.35. The van der Waals surface area contributed by atoms with E-state index in [2.05, 4.69) is 5.32 Å². The van der Waals surface area contributed by atoms with Crippen molar-refractivity contribution in [2.45, 2.75) is 24.6 Å². The fourth-order valence-electron chi connectivity index (χ4n) is 1.99. The molecule has 0 spiro atoms. The third-order valence-electron chi connectivity index (χ3n) is 2.94. The van der Waals surface area contributed by atoms with Crippen LogP contribution in [0.5, 0.6) is 0 Å². The first-order valence-corrected chi connectivity index (χ1v) is 5.85. The Labute approximate surface area is 98.8 Å². The average molecular weight is 242 g/mol. The molecule has 86 valence electrons. The summed E-state index contributed by atoms with van der Waals surface area (Å²) in [5, 5.41) is 2.77. The fourth-order valence-corrected chi connectivity index (χ4v) is 2.21. The Morgan fingerprint density at radius 2 is 2.31 bits per heavy atom. The Morgan fingerprint density at radius 1 is 1.50 bits per heavy atom. The van der Waals surface area contributed by atoms with Gasteiger partial charge in [0.25, 0.3) is 0 Å². The first kappa shape index (κ1) is 11.4. The minimum Gasteiger partial charge on any atom is -0.356 e. The lowest BCUT2D eigenvalue weighted by Gasteiger charge is -2.22. The highest BCUT2D eigenvalue weighted by Gasteiger charge is 2.21.